The molecule has 1 aromatic carbocycles. The summed E-state index contributed by atoms with van der Waals surface area (Å²) in [5, 5.41) is 3.15. The van der Waals surface area contributed by atoms with Crippen LogP contribution in [0.5, 0.6) is 11.5 Å². The molecule has 5 nitrogen and oxygen atoms in total. The van der Waals surface area contributed by atoms with E-state index in [2.05, 4.69) is 10.2 Å². The third-order valence-electron chi connectivity index (χ3n) is 4.11. The summed E-state index contributed by atoms with van der Waals surface area (Å²) in [7, 11) is 3.32. The van der Waals surface area contributed by atoms with Gasteiger partial charge in [-0.3, -0.25) is 9.69 Å². The molecule has 0 unspecified atom stereocenters. The van der Waals surface area contributed by atoms with E-state index in [9.17, 15) is 4.79 Å². The topological polar surface area (TPSA) is 50.8 Å². The SMILES string of the molecule is COc1cc(CN2CC[C@H](NC(=O)C(C)(C)C)C2)cc(OC)c1. The Morgan fingerprint density at radius 2 is 1.83 bits per heavy atom. The zero-order chi connectivity index (χ0) is 17.0. The van der Waals surface area contributed by atoms with E-state index in [1.165, 1.54) is 0 Å². The van der Waals surface area contributed by atoms with Gasteiger partial charge in [-0.05, 0) is 24.1 Å². The number of hydrogen-bond donors (Lipinski definition) is 1. The molecule has 0 aliphatic carbocycles. The van der Waals surface area contributed by atoms with E-state index in [4.69, 9.17) is 9.47 Å². The molecule has 1 saturated heterocycles. The van der Waals surface area contributed by atoms with Crippen molar-refractivity contribution in [3.8, 4) is 11.5 Å². The lowest BCUT2D eigenvalue weighted by atomic mass is 9.95. The second-order valence-corrected chi connectivity index (χ2v) is 7.17. The van der Waals surface area contributed by atoms with Gasteiger partial charge in [0.25, 0.3) is 0 Å². The lowest BCUT2D eigenvalue weighted by Crippen LogP contribution is -2.42. The van der Waals surface area contributed by atoms with Crippen LogP contribution in [0, 0.1) is 5.41 Å². The summed E-state index contributed by atoms with van der Waals surface area (Å²) in [4.78, 5) is 14.4. The Bertz CT molecular complexity index is 529. The zero-order valence-electron chi connectivity index (χ0n) is 14.8. The number of nitrogens with zero attached hydrogens (tertiary/aromatic N) is 1. The molecule has 0 saturated carbocycles. The van der Waals surface area contributed by atoms with Crippen molar-refractivity contribution in [2.75, 3.05) is 27.3 Å². The van der Waals surface area contributed by atoms with Crippen LogP contribution in [0.25, 0.3) is 0 Å². The summed E-state index contributed by atoms with van der Waals surface area (Å²) in [6, 6.07) is 6.17. The minimum absolute atomic E-state index is 0.118. The minimum atomic E-state index is -0.340. The first kappa shape index (κ1) is 17.6. The number of carbonyl (C=O) groups is 1. The molecular formula is C18H28N2O3. The number of methoxy groups -OCH3 is 2. The summed E-state index contributed by atoms with van der Waals surface area (Å²) in [6.45, 7) is 8.51. The van der Waals surface area contributed by atoms with Crippen molar-refractivity contribution in [3.05, 3.63) is 23.8 Å². The van der Waals surface area contributed by atoms with Crippen LogP contribution < -0.4 is 14.8 Å². The molecule has 1 N–H and O–H groups in total. The number of ether oxygens (including phenoxy) is 2. The molecule has 2 rings (SSSR count). The van der Waals surface area contributed by atoms with E-state index in [1.54, 1.807) is 14.2 Å². The number of rotatable bonds is 5. The molecule has 0 bridgehead atoms. The summed E-state index contributed by atoms with van der Waals surface area (Å²) in [5.41, 5.74) is 0.817. The largest absolute Gasteiger partial charge is 0.497 e. The molecule has 1 aliphatic rings. The first-order valence-corrected chi connectivity index (χ1v) is 8.07. The predicted octanol–water partition coefficient (Wildman–Crippen LogP) is 2.44. The summed E-state index contributed by atoms with van der Waals surface area (Å²) >= 11 is 0. The molecule has 0 radical (unpaired) electrons. The van der Waals surface area contributed by atoms with E-state index in [-0.39, 0.29) is 17.4 Å². The Labute approximate surface area is 139 Å². The average molecular weight is 320 g/mol. The Morgan fingerprint density at radius 3 is 2.35 bits per heavy atom. The van der Waals surface area contributed by atoms with Crippen molar-refractivity contribution in [1.82, 2.24) is 10.2 Å². The van der Waals surface area contributed by atoms with Crippen molar-refractivity contribution in [3.63, 3.8) is 0 Å². The summed E-state index contributed by atoms with van der Waals surface area (Å²) < 4.78 is 10.6. The standard InChI is InChI=1S/C18H28N2O3/c1-18(2,3)17(21)19-14-6-7-20(12-14)11-13-8-15(22-4)10-16(9-13)23-5/h8-10,14H,6-7,11-12H2,1-5H3,(H,19,21)/t14-/m0/s1. The number of carbonyl (C=O) groups excluding carboxylic acids is 1. The smallest absolute Gasteiger partial charge is 0.225 e. The van der Waals surface area contributed by atoms with E-state index in [0.29, 0.717) is 0 Å². The van der Waals surface area contributed by atoms with Gasteiger partial charge in [-0.1, -0.05) is 20.8 Å². The highest BCUT2D eigenvalue weighted by atomic mass is 16.5. The molecule has 1 aromatic rings. The first-order valence-electron chi connectivity index (χ1n) is 8.07. The molecule has 1 amide bonds. The molecule has 1 heterocycles. The Kier molecular flexibility index (Phi) is 5.52. The zero-order valence-corrected chi connectivity index (χ0v) is 14.8. The highest BCUT2D eigenvalue weighted by molar-refractivity contribution is 5.81. The number of amides is 1. The third kappa shape index (κ3) is 4.86. The Morgan fingerprint density at radius 1 is 1.22 bits per heavy atom. The lowest BCUT2D eigenvalue weighted by molar-refractivity contribution is -0.129. The fourth-order valence-electron chi connectivity index (χ4n) is 2.71. The second kappa shape index (κ2) is 7.21. The normalized spacial score (nSPS) is 18.7. The molecule has 1 fully saturated rings. The van der Waals surface area contributed by atoms with Gasteiger partial charge in [-0.2, -0.15) is 0 Å². The molecule has 0 aromatic heterocycles. The van der Waals surface area contributed by atoms with E-state index in [0.717, 1.165) is 43.1 Å². The highest BCUT2D eigenvalue weighted by Gasteiger charge is 2.28. The van der Waals surface area contributed by atoms with Crippen LogP contribution >= 0.6 is 0 Å². The number of nitrogens with one attached hydrogen (secondary N) is 1. The maximum absolute atomic E-state index is 12.1. The van der Waals surface area contributed by atoms with Crippen LogP contribution in [0.4, 0.5) is 0 Å². The van der Waals surface area contributed by atoms with E-state index in [1.807, 2.05) is 39.0 Å². The van der Waals surface area contributed by atoms with Crippen LogP contribution in [-0.2, 0) is 11.3 Å². The maximum Gasteiger partial charge on any atom is 0.225 e. The van der Waals surface area contributed by atoms with Crippen LogP contribution in [-0.4, -0.2) is 44.2 Å². The van der Waals surface area contributed by atoms with Gasteiger partial charge in [-0.15, -0.1) is 0 Å². The molecule has 23 heavy (non-hydrogen) atoms. The van der Waals surface area contributed by atoms with E-state index < -0.39 is 0 Å². The van der Waals surface area contributed by atoms with Gasteiger partial charge in [0.1, 0.15) is 11.5 Å². The molecule has 0 spiro atoms. The molecule has 1 aliphatic heterocycles. The lowest BCUT2D eigenvalue weighted by Gasteiger charge is -2.22. The van der Waals surface area contributed by atoms with Gasteiger partial charge in [0, 0.05) is 37.2 Å². The molecule has 1 atom stereocenters. The number of hydrogen-bond acceptors (Lipinski definition) is 4. The number of benzene rings is 1. The number of likely N-dealkylation sites (tertiary alicyclic amines) is 1. The Balaban J connectivity index is 1.94. The first-order chi connectivity index (χ1) is 10.8. The molecular weight excluding hydrogens is 292 g/mol. The van der Waals surface area contributed by atoms with Crippen LogP contribution in [0.1, 0.15) is 32.8 Å². The van der Waals surface area contributed by atoms with Gasteiger partial charge in [0.05, 0.1) is 14.2 Å². The molecule has 128 valence electrons. The van der Waals surface area contributed by atoms with Crippen molar-refractivity contribution >= 4 is 5.91 Å². The third-order valence-corrected chi connectivity index (χ3v) is 4.11. The van der Waals surface area contributed by atoms with Crippen LogP contribution in [0.2, 0.25) is 0 Å². The quantitative estimate of drug-likeness (QED) is 0.905. The second-order valence-electron chi connectivity index (χ2n) is 7.17. The van der Waals surface area contributed by atoms with Gasteiger partial charge < -0.3 is 14.8 Å². The van der Waals surface area contributed by atoms with Crippen LogP contribution in [0.15, 0.2) is 18.2 Å². The van der Waals surface area contributed by atoms with E-state index >= 15 is 0 Å². The fourth-order valence-corrected chi connectivity index (χ4v) is 2.71. The summed E-state index contributed by atoms with van der Waals surface area (Å²) in [5.74, 6) is 1.72. The van der Waals surface area contributed by atoms with Gasteiger partial charge in [0.15, 0.2) is 0 Å². The minimum Gasteiger partial charge on any atom is -0.497 e. The monoisotopic (exact) mass is 320 g/mol. The fraction of sp³-hybridized carbons (Fsp3) is 0.611. The maximum atomic E-state index is 12.1. The highest BCUT2D eigenvalue weighted by Crippen LogP contribution is 2.24. The van der Waals surface area contributed by atoms with Crippen molar-refractivity contribution < 1.29 is 14.3 Å². The van der Waals surface area contributed by atoms with Crippen LogP contribution in [0.3, 0.4) is 0 Å². The van der Waals surface area contributed by atoms with Gasteiger partial charge in [-0.25, -0.2) is 0 Å². The van der Waals surface area contributed by atoms with Crippen molar-refractivity contribution in [2.24, 2.45) is 5.41 Å². The molecule has 5 heteroatoms. The van der Waals surface area contributed by atoms with Crippen molar-refractivity contribution in [2.45, 2.75) is 39.8 Å². The summed E-state index contributed by atoms with van der Waals surface area (Å²) in [6.07, 6.45) is 0.989. The Hall–Kier alpha value is -1.75. The average Bonchev–Trinajstić information content (AvgIpc) is 2.92. The van der Waals surface area contributed by atoms with Gasteiger partial charge in [0.2, 0.25) is 5.91 Å². The van der Waals surface area contributed by atoms with Gasteiger partial charge >= 0.3 is 0 Å². The predicted molar refractivity (Wildman–Crippen MR) is 90.8 cm³/mol. The van der Waals surface area contributed by atoms with Crippen molar-refractivity contribution in [1.29, 1.82) is 0 Å².